The molecule has 18 heavy (non-hydrogen) atoms. The number of hydrogen-bond donors (Lipinski definition) is 1. The van der Waals surface area contributed by atoms with Crippen LogP contribution < -0.4 is 5.32 Å². The van der Waals surface area contributed by atoms with Gasteiger partial charge in [-0.15, -0.1) is 10.2 Å². The van der Waals surface area contributed by atoms with Crippen molar-refractivity contribution >= 4 is 0 Å². The summed E-state index contributed by atoms with van der Waals surface area (Å²) in [7, 11) is 1.97. The van der Waals surface area contributed by atoms with Crippen LogP contribution in [0.25, 0.3) is 0 Å². The Hall–Kier alpha value is -1.68. The first-order chi connectivity index (χ1) is 8.81. The molecule has 0 saturated heterocycles. The van der Waals surface area contributed by atoms with Crippen LogP contribution in [0, 0.1) is 0 Å². The third-order valence-corrected chi connectivity index (χ3v) is 3.09. The normalized spacial score (nSPS) is 12.6. The third-order valence-electron chi connectivity index (χ3n) is 3.09. The van der Waals surface area contributed by atoms with E-state index in [1.165, 1.54) is 5.56 Å². The number of benzene rings is 1. The molecule has 0 bridgehead atoms. The Balaban J connectivity index is 2.01. The van der Waals surface area contributed by atoms with Crippen molar-refractivity contribution in [1.29, 1.82) is 0 Å². The number of aromatic nitrogens is 3. The predicted octanol–water partition coefficient (Wildman–Crippen LogP) is 2.45. The van der Waals surface area contributed by atoms with Gasteiger partial charge in [0.2, 0.25) is 0 Å². The molecule has 1 atom stereocenters. The molecular formula is C14H20N4. The molecule has 0 saturated carbocycles. The highest BCUT2D eigenvalue weighted by atomic mass is 15.3. The SMILES string of the molecule is CCCC(NCc1nncn1C)c1ccccc1. The number of rotatable bonds is 6. The zero-order chi connectivity index (χ0) is 12.8. The maximum Gasteiger partial charge on any atom is 0.146 e. The second-order valence-corrected chi connectivity index (χ2v) is 4.49. The highest BCUT2D eigenvalue weighted by Gasteiger charge is 2.10. The fourth-order valence-corrected chi connectivity index (χ4v) is 2.04. The second-order valence-electron chi connectivity index (χ2n) is 4.49. The average molecular weight is 244 g/mol. The van der Waals surface area contributed by atoms with Crippen LogP contribution in [0.3, 0.4) is 0 Å². The smallest absolute Gasteiger partial charge is 0.146 e. The van der Waals surface area contributed by atoms with E-state index in [0.29, 0.717) is 6.04 Å². The van der Waals surface area contributed by atoms with Gasteiger partial charge in [-0.05, 0) is 12.0 Å². The standard InChI is InChI=1S/C14H20N4/c1-3-7-13(12-8-5-4-6-9-12)15-10-14-17-16-11-18(14)2/h4-6,8-9,11,13,15H,3,7,10H2,1-2H3. The Kier molecular flexibility index (Phi) is 4.47. The summed E-state index contributed by atoms with van der Waals surface area (Å²) in [6, 6.07) is 10.9. The van der Waals surface area contributed by atoms with Crippen molar-refractivity contribution in [2.24, 2.45) is 7.05 Å². The number of nitrogens with zero attached hydrogens (tertiary/aromatic N) is 3. The molecule has 0 radical (unpaired) electrons. The van der Waals surface area contributed by atoms with Gasteiger partial charge in [-0.2, -0.15) is 0 Å². The summed E-state index contributed by atoms with van der Waals surface area (Å²) in [6.07, 6.45) is 4.02. The molecule has 0 spiro atoms. The van der Waals surface area contributed by atoms with Gasteiger partial charge in [0.25, 0.3) is 0 Å². The van der Waals surface area contributed by atoms with Gasteiger partial charge in [-0.3, -0.25) is 0 Å². The van der Waals surface area contributed by atoms with E-state index in [2.05, 4.69) is 52.8 Å². The third kappa shape index (κ3) is 3.17. The lowest BCUT2D eigenvalue weighted by molar-refractivity contribution is 0.479. The number of nitrogens with one attached hydrogen (secondary N) is 1. The number of hydrogen-bond acceptors (Lipinski definition) is 3. The summed E-state index contributed by atoms with van der Waals surface area (Å²) in [6.45, 7) is 2.95. The van der Waals surface area contributed by atoms with Gasteiger partial charge in [-0.1, -0.05) is 43.7 Å². The van der Waals surface area contributed by atoms with Gasteiger partial charge in [-0.25, -0.2) is 0 Å². The Bertz CT molecular complexity index is 464. The van der Waals surface area contributed by atoms with E-state index >= 15 is 0 Å². The van der Waals surface area contributed by atoms with Gasteiger partial charge in [0.05, 0.1) is 6.54 Å². The lowest BCUT2D eigenvalue weighted by Crippen LogP contribution is -2.22. The van der Waals surface area contributed by atoms with Crippen molar-refractivity contribution in [1.82, 2.24) is 20.1 Å². The maximum absolute atomic E-state index is 4.09. The summed E-state index contributed by atoms with van der Waals surface area (Å²) >= 11 is 0. The fourth-order valence-electron chi connectivity index (χ4n) is 2.04. The highest BCUT2D eigenvalue weighted by Crippen LogP contribution is 2.18. The Labute approximate surface area is 108 Å². The predicted molar refractivity (Wildman–Crippen MR) is 71.9 cm³/mol. The minimum Gasteiger partial charge on any atom is -0.320 e. The van der Waals surface area contributed by atoms with E-state index in [9.17, 15) is 0 Å². The molecule has 0 amide bonds. The first-order valence-electron chi connectivity index (χ1n) is 6.42. The van der Waals surface area contributed by atoms with E-state index in [1.54, 1.807) is 6.33 Å². The topological polar surface area (TPSA) is 42.7 Å². The fraction of sp³-hybridized carbons (Fsp3) is 0.429. The van der Waals surface area contributed by atoms with E-state index in [1.807, 2.05) is 11.6 Å². The van der Waals surface area contributed by atoms with Crippen LogP contribution >= 0.6 is 0 Å². The van der Waals surface area contributed by atoms with E-state index in [-0.39, 0.29) is 0 Å². The molecule has 0 aliphatic heterocycles. The van der Waals surface area contributed by atoms with Crippen molar-refractivity contribution in [3.63, 3.8) is 0 Å². The van der Waals surface area contributed by atoms with Crippen LogP contribution in [-0.2, 0) is 13.6 Å². The van der Waals surface area contributed by atoms with Crippen LogP contribution in [0.15, 0.2) is 36.7 Å². The van der Waals surface area contributed by atoms with Crippen LogP contribution in [0.4, 0.5) is 0 Å². The molecule has 1 N–H and O–H groups in total. The Morgan fingerprint density at radius 1 is 1.28 bits per heavy atom. The number of aryl methyl sites for hydroxylation is 1. The van der Waals surface area contributed by atoms with Crippen LogP contribution in [0.2, 0.25) is 0 Å². The molecule has 0 aliphatic rings. The quantitative estimate of drug-likeness (QED) is 0.848. The molecule has 4 heteroatoms. The minimum absolute atomic E-state index is 0.382. The lowest BCUT2D eigenvalue weighted by Gasteiger charge is -2.18. The van der Waals surface area contributed by atoms with Gasteiger partial charge < -0.3 is 9.88 Å². The summed E-state index contributed by atoms with van der Waals surface area (Å²) < 4.78 is 1.95. The molecule has 4 nitrogen and oxygen atoms in total. The average Bonchev–Trinajstić information content (AvgIpc) is 2.81. The van der Waals surface area contributed by atoms with E-state index in [0.717, 1.165) is 25.2 Å². The lowest BCUT2D eigenvalue weighted by atomic mass is 10.0. The van der Waals surface area contributed by atoms with Crippen LogP contribution in [0.5, 0.6) is 0 Å². The summed E-state index contributed by atoms with van der Waals surface area (Å²) in [5.41, 5.74) is 1.33. The van der Waals surface area contributed by atoms with Crippen molar-refractivity contribution in [3.05, 3.63) is 48.0 Å². The summed E-state index contributed by atoms with van der Waals surface area (Å²) in [5, 5.41) is 11.5. The highest BCUT2D eigenvalue weighted by molar-refractivity contribution is 5.18. The first kappa shape index (κ1) is 12.8. The molecule has 2 rings (SSSR count). The minimum atomic E-state index is 0.382. The molecule has 1 aromatic carbocycles. The molecule has 0 aliphatic carbocycles. The van der Waals surface area contributed by atoms with Gasteiger partial charge in [0, 0.05) is 13.1 Å². The second kappa shape index (κ2) is 6.31. The zero-order valence-corrected chi connectivity index (χ0v) is 11.0. The molecule has 1 aromatic heterocycles. The molecular weight excluding hydrogens is 224 g/mol. The first-order valence-corrected chi connectivity index (χ1v) is 6.42. The van der Waals surface area contributed by atoms with Crippen molar-refractivity contribution in [2.75, 3.05) is 0 Å². The summed E-state index contributed by atoms with van der Waals surface area (Å²) in [4.78, 5) is 0. The molecule has 2 aromatic rings. The van der Waals surface area contributed by atoms with Crippen molar-refractivity contribution in [3.8, 4) is 0 Å². The van der Waals surface area contributed by atoms with E-state index < -0.39 is 0 Å². The zero-order valence-electron chi connectivity index (χ0n) is 11.0. The largest absolute Gasteiger partial charge is 0.320 e. The van der Waals surface area contributed by atoms with Crippen molar-refractivity contribution < 1.29 is 0 Å². The summed E-state index contributed by atoms with van der Waals surface area (Å²) in [5.74, 6) is 0.965. The molecule has 96 valence electrons. The molecule has 1 unspecified atom stereocenters. The molecule has 1 heterocycles. The van der Waals surface area contributed by atoms with E-state index in [4.69, 9.17) is 0 Å². The van der Waals surface area contributed by atoms with Crippen LogP contribution in [-0.4, -0.2) is 14.8 Å². The molecule has 0 fully saturated rings. The van der Waals surface area contributed by atoms with Gasteiger partial charge in [0.15, 0.2) is 0 Å². The van der Waals surface area contributed by atoms with Crippen molar-refractivity contribution in [2.45, 2.75) is 32.4 Å². The monoisotopic (exact) mass is 244 g/mol. The Morgan fingerprint density at radius 2 is 2.06 bits per heavy atom. The van der Waals surface area contributed by atoms with Crippen LogP contribution in [0.1, 0.15) is 37.2 Å². The Morgan fingerprint density at radius 3 is 2.67 bits per heavy atom. The van der Waals surface area contributed by atoms with Gasteiger partial charge >= 0.3 is 0 Å². The maximum atomic E-state index is 4.09. The van der Waals surface area contributed by atoms with Gasteiger partial charge in [0.1, 0.15) is 12.2 Å².